The summed E-state index contributed by atoms with van der Waals surface area (Å²) in [5.74, 6) is 3.56. The van der Waals surface area contributed by atoms with Gasteiger partial charge >= 0.3 is 0 Å². The number of aryl methyl sites for hydroxylation is 1. The van der Waals surface area contributed by atoms with E-state index in [0.717, 1.165) is 12.3 Å². The van der Waals surface area contributed by atoms with Crippen molar-refractivity contribution in [3.63, 3.8) is 0 Å². The Kier molecular flexibility index (Phi) is 3.93. The van der Waals surface area contributed by atoms with Crippen LogP contribution < -0.4 is 5.73 Å². The van der Waals surface area contributed by atoms with Crippen LogP contribution in [-0.2, 0) is 13.0 Å². The van der Waals surface area contributed by atoms with Gasteiger partial charge in [0.2, 0.25) is 0 Å². The second-order valence-corrected chi connectivity index (χ2v) is 8.73. The van der Waals surface area contributed by atoms with Crippen molar-refractivity contribution in [3.8, 4) is 0 Å². The number of hydrogen-bond acceptors (Lipinski definition) is 2. The predicted octanol–water partition coefficient (Wildman–Crippen LogP) is 3.91. The molecule has 0 radical (unpaired) electrons. The monoisotopic (exact) mass is 292 g/mol. The SMILES string of the molecule is Cc1cc2c(n1CC1CCSCC1)CC(C)(C)CC2N. The van der Waals surface area contributed by atoms with Crippen LogP contribution in [0, 0.1) is 18.3 Å². The number of rotatable bonds is 2. The fourth-order valence-corrected chi connectivity index (χ4v) is 5.15. The predicted molar refractivity (Wildman–Crippen MR) is 88.2 cm³/mol. The highest BCUT2D eigenvalue weighted by atomic mass is 32.2. The van der Waals surface area contributed by atoms with E-state index in [1.807, 2.05) is 0 Å². The summed E-state index contributed by atoms with van der Waals surface area (Å²) in [6.07, 6.45) is 5.06. The van der Waals surface area contributed by atoms with Crippen LogP contribution in [0.5, 0.6) is 0 Å². The summed E-state index contributed by atoms with van der Waals surface area (Å²) < 4.78 is 2.59. The Bertz CT molecular complexity index is 483. The molecule has 1 fully saturated rings. The lowest BCUT2D eigenvalue weighted by Crippen LogP contribution is -2.31. The number of aromatic nitrogens is 1. The maximum absolute atomic E-state index is 6.42. The number of hydrogen-bond donors (Lipinski definition) is 1. The minimum Gasteiger partial charge on any atom is -0.348 e. The molecule has 1 aromatic rings. The van der Waals surface area contributed by atoms with Crippen LogP contribution >= 0.6 is 11.8 Å². The number of nitrogens with two attached hydrogens (primary N) is 1. The van der Waals surface area contributed by atoms with Gasteiger partial charge < -0.3 is 10.3 Å². The summed E-state index contributed by atoms with van der Waals surface area (Å²) in [6.45, 7) is 8.19. The minimum absolute atomic E-state index is 0.232. The third-order valence-electron chi connectivity index (χ3n) is 5.05. The third kappa shape index (κ3) is 2.80. The quantitative estimate of drug-likeness (QED) is 0.896. The Morgan fingerprint density at radius 3 is 2.75 bits per heavy atom. The summed E-state index contributed by atoms with van der Waals surface area (Å²) >= 11 is 2.12. The fourth-order valence-electron chi connectivity index (χ4n) is 3.95. The highest BCUT2D eigenvalue weighted by Gasteiger charge is 2.33. The third-order valence-corrected chi connectivity index (χ3v) is 6.10. The normalized spacial score (nSPS) is 26.5. The molecule has 2 nitrogen and oxygen atoms in total. The Morgan fingerprint density at radius 1 is 1.35 bits per heavy atom. The van der Waals surface area contributed by atoms with Gasteiger partial charge in [-0.2, -0.15) is 11.8 Å². The lowest BCUT2D eigenvalue weighted by atomic mass is 9.74. The summed E-state index contributed by atoms with van der Waals surface area (Å²) in [5.41, 5.74) is 11.1. The van der Waals surface area contributed by atoms with Gasteiger partial charge in [-0.15, -0.1) is 0 Å². The topological polar surface area (TPSA) is 30.9 Å². The number of fused-ring (bicyclic) bond motifs is 1. The van der Waals surface area contributed by atoms with E-state index in [-0.39, 0.29) is 6.04 Å². The van der Waals surface area contributed by atoms with Crippen molar-refractivity contribution < 1.29 is 0 Å². The minimum atomic E-state index is 0.232. The van der Waals surface area contributed by atoms with E-state index in [9.17, 15) is 0 Å². The van der Waals surface area contributed by atoms with E-state index in [4.69, 9.17) is 5.73 Å². The molecule has 3 heteroatoms. The molecule has 1 saturated heterocycles. The molecule has 1 aliphatic carbocycles. The molecule has 2 aliphatic rings. The second-order valence-electron chi connectivity index (χ2n) is 7.51. The molecule has 0 saturated carbocycles. The van der Waals surface area contributed by atoms with Gasteiger partial charge in [0.05, 0.1) is 0 Å². The number of thioether (sulfide) groups is 1. The average molecular weight is 292 g/mol. The summed E-state index contributed by atoms with van der Waals surface area (Å²) in [4.78, 5) is 0. The van der Waals surface area contributed by atoms with Crippen LogP contribution in [0.15, 0.2) is 6.07 Å². The smallest absolute Gasteiger partial charge is 0.0318 e. The van der Waals surface area contributed by atoms with Gasteiger partial charge in [-0.1, -0.05) is 13.8 Å². The van der Waals surface area contributed by atoms with Crippen molar-refractivity contribution in [2.75, 3.05) is 11.5 Å². The van der Waals surface area contributed by atoms with Gasteiger partial charge in [-0.3, -0.25) is 0 Å². The lowest BCUT2D eigenvalue weighted by molar-refractivity contribution is 0.271. The molecule has 0 spiro atoms. The van der Waals surface area contributed by atoms with E-state index in [2.05, 4.69) is 43.2 Å². The van der Waals surface area contributed by atoms with Crippen LogP contribution in [0.25, 0.3) is 0 Å². The van der Waals surface area contributed by atoms with Gasteiger partial charge in [0.15, 0.2) is 0 Å². The molecular formula is C17H28N2S. The number of nitrogens with zero attached hydrogens (tertiary/aromatic N) is 1. The molecule has 2 heterocycles. The summed E-state index contributed by atoms with van der Waals surface area (Å²) in [7, 11) is 0. The van der Waals surface area contributed by atoms with Crippen LogP contribution in [-0.4, -0.2) is 16.1 Å². The Hall–Kier alpha value is -0.410. The maximum atomic E-state index is 6.42. The molecular weight excluding hydrogens is 264 g/mol. The Labute approximate surface area is 127 Å². The van der Waals surface area contributed by atoms with Crippen molar-refractivity contribution in [2.45, 2.75) is 59.0 Å². The van der Waals surface area contributed by atoms with Gasteiger partial charge in [-0.05, 0) is 67.1 Å². The zero-order valence-corrected chi connectivity index (χ0v) is 13.9. The molecule has 0 bridgehead atoms. The van der Waals surface area contributed by atoms with Gasteiger partial charge in [0.25, 0.3) is 0 Å². The van der Waals surface area contributed by atoms with Crippen molar-refractivity contribution >= 4 is 11.8 Å². The first kappa shape index (κ1) is 14.5. The van der Waals surface area contributed by atoms with Crippen molar-refractivity contribution in [2.24, 2.45) is 17.1 Å². The van der Waals surface area contributed by atoms with E-state index in [1.54, 1.807) is 0 Å². The molecule has 112 valence electrons. The van der Waals surface area contributed by atoms with Crippen LogP contribution in [0.4, 0.5) is 0 Å². The zero-order chi connectivity index (χ0) is 14.3. The fraction of sp³-hybridized carbons (Fsp3) is 0.765. The van der Waals surface area contributed by atoms with E-state index in [0.29, 0.717) is 5.41 Å². The van der Waals surface area contributed by atoms with E-state index in [1.165, 1.54) is 54.3 Å². The lowest BCUT2D eigenvalue weighted by Gasteiger charge is -2.35. The van der Waals surface area contributed by atoms with E-state index >= 15 is 0 Å². The molecule has 3 rings (SSSR count). The van der Waals surface area contributed by atoms with E-state index < -0.39 is 0 Å². The van der Waals surface area contributed by atoms with Crippen LogP contribution in [0.1, 0.15) is 56.1 Å². The Balaban J connectivity index is 1.88. The first-order chi connectivity index (χ1) is 9.46. The average Bonchev–Trinajstić information content (AvgIpc) is 2.67. The van der Waals surface area contributed by atoms with Crippen molar-refractivity contribution in [1.29, 1.82) is 0 Å². The standard InChI is InChI=1S/C17H28N2S/c1-12-8-14-15(18)9-17(2,3)10-16(14)19(12)11-13-4-6-20-7-5-13/h8,13,15H,4-7,9-11,18H2,1-3H3. The Morgan fingerprint density at radius 2 is 2.05 bits per heavy atom. The molecule has 20 heavy (non-hydrogen) atoms. The maximum Gasteiger partial charge on any atom is 0.0318 e. The van der Waals surface area contributed by atoms with Crippen molar-refractivity contribution in [1.82, 2.24) is 4.57 Å². The highest BCUT2D eigenvalue weighted by Crippen LogP contribution is 2.41. The van der Waals surface area contributed by atoms with Gasteiger partial charge in [0.1, 0.15) is 0 Å². The molecule has 1 unspecified atom stereocenters. The molecule has 2 N–H and O–H groups in total. The molecule has 0 amide bonds. The second kappa shape index (κ2) is 5.42. The first-order valence-corrected chi connectivity index (χ1v) is 9.14. The first-order valence-electron chi connectivity index (χ1n) is 7.98. The molecule has 0 aromatic carbocycles. The summed E-state index contributed by atoms with van der Waals surface area (Å²) in [5, 5.41) is 0. The molecule has 1 atom stereocenters. The summed E-state index contributed by atoms with van der Waals surface area (Å²) in [6, 6.07) is 2.59. The van der Waals surface area contributed by atoms with Crippen LogP contribution in [0.2, 0.25) is 0 Å². The van der Waals surface area contributed by atoms with Gasteiger partial charge in [0, 0.05) is 24.0 Å². The largest absolute Gasteiger partial charge is 0.348 e. The van der Waals surface area contributed by atoms with Gasteiger partial charge in [-0.25, -0.2) is 0 Å². The van der Waals surface area contributed by atoms with Crippen LogP contribution in [0.3, 0.4) is 0 Å². The van der Waals surface area contributed by atoms with Crippen molar-refractivity contribution in [3.05, 3.63) is 23.0 Å². The molecule has 1 aliphatic heterocycles. The highest BCUT2D eigenvalue weighted by molar-refractivity contribution is 7.99. The zero-order valence-electron chi connectivity index (χ0n) is 13.1. The molecule has 1 aromatic heterocycles.